The maximum absolute atomic E-state index is 9.98. The highest BCUT2D eigenvalue weighted by molar-refractivity contribution is 5.59. The van der Waals surface area contributed by atoms with Gasteiger partial charge in [0, 0.05) is 12.0 Å². The summed E-state index contributed by atoms with van der Waals surface area (Å²) in [6.07, 6.45) is 0.652. The van der Waals surface area contributed by atoms with Gasteiger partial charge in [-0.2, -0.15) is 0 Å². The Bertz CT molecular complexity index is 412. The van der Waals surface area contributed by atoms with Crippen LogP contribution in [0.25, 0.3) is 0 Å². The van der Waals surface area contributed by atoms with Crippen LogP contribution in [0.2, 0.25) is 0 Å². The van der Waals surface area contributed by atoms with E-state index in [4.69, 9.17) is 4.74 Å². The van der Waals surface area contributed by atoms with Gasteiger partial charge in [-0.15, -0.1) is 0 Å². The highest BCUT2D eigenvalue weighted by Crippen LogP contribution is 2.44. The summed E-state index contributed by atoms with van der Waals surface area (Å²) in [6, 6.07) is 0. The highest BCUT2D eigenvalue weighted by atomic mass is 16.5. The Balaban J connectivity index is 2.62. The second-order valence-corrected chi connectivity index (χ2v) is 4.92. The first-order valence-electron chi connectivity index (χ1n) is 5.51. The number of aromatic hydroxyl groups is 1. The Hall–Kier alpha value is -1.22. The predicted molar refractivity (Wildman–Crippen MR) is 62.1 cm³/mol. The van der Waals surface area contributed by atoms with Crippen molar-refractivity contribution in [2.45, 2.75) is 39.7 Å². The van der Waals surface area contributed by atoms with Crippen molar-refractivity contribution < 1.29 is 14.9 Å². The van der Waals surface area contributed by atoms with Gasteiger partial charge in [0.2, 0.25) is 0 Å². The van der Waals surface area contributed by atoms with Crippen LogP contribution in [0, 0.1) is 20.8 Å². The molecule has 0 spiro atoms. The zero-order valence-electron chi connectivity index (χ0n) is 10.2. The Morgan fingerprint density at radius 1 is 1.19 bits per heavy atom. The van der Waals surface area contributed by atoms with Crippen molar-refractivity contribution in [3.63, 3.8) is 0 Å². The Morgan fingerprint density at radius 3 is 2.38 bits per heavy atom. The summed E-state index contributed by atoms with van der Waals surface area (Å²) < 4.78 is 5.83. The van der Waals surface area contributed by atoms with Crippen LogP contribution >= 0.6 is 0 Å². The summed E-state index contributed by atoms with van der Waals surface area (Å²) in [7, 11) is 0. The normalized spacial score (nSPS) is 23.1. The smallest absolute Gasteiger partial charge is 0.133 e. The third kappa shape index (κ3) is 1.39. The first-order valence-corrected chi connectivity index (χ1v) is 5.51. The van der Waals surface area contributed by atoms with Crippen LogP contribution in [0.5, 0.6) is 11.5 Å². The number of ether oxygens (including phenoxy) is 1. The minimum Gasteiger partial charge on any atom is -0.507 e. The molecule has 16 heavy (non-hydrogen) atoms. The Morgan fingerprint density at radius 2 is 1.81 bits per heavy atom. The summed E-state index contributed by atoms with van der Waals surface area (Å²) in [5.74, 6) is 1.19. The van der Waals surface area contributed by atoms with Crippen molar-refractivity contribution in [1.29, 1.82) is 0 Å². The molecule has 1 aliphatic rings. The minimum atomic E-state index is -0.544. The summed E-state index contributed by atoms with van der Waals surface area (Å²) in [6.45, 7) is 7.60. The average Bonchev–Trinajstić information content (AvgIpc) is 2.63. The SMILES string of the molecule is Cc1c(C)c2c(c(C)c1O)C[C@](C)(CO)O2. The lowest BCUT2D eigenvalue weighted by atomic mass is 9.93. The van der Waals surface area contributed by atoms with Crippen LogP contribution in [0.1, 0.15) is 29.2 Å². The van der Waals surface area contributed by atoms with Crippen LogP contribution in [0.15, 0.2) is 0 Å². The van der Waals surface area contributed by atoms with E-state index in [-0.39, 0.29) is 6.61 Å². The lowest BCUT2D eigenvalue weighted by Crippen LogP contribution is -2.34. The molecule has 1 aromatic carbocycles. The van der Waals surface area contributed by atoms with E-state index in [1.165, 1.54) is 0 Å². The van der Waals surface area contributed by atoms with E-state index >= 15 is 0 Å². The lowest BCUT2D eigenvalue weighted by molar-refractivity contribution is 0.0441. The third-order valence-electron chi connectivity index (χ3n) is 3.57. The van der Waals surface area contributed by atoms with Crippen molar-refractivity contribution in [3.8, 4) is 11.5 Å². The van der Waals surface area contributed by atoms with E-state index in [2.05, 4.69) is 0 Å². The molecular weight excluding hydrogens is 204 g/mol. The molecule has 0 aromatic heterocycles. The number of rotatable bonds is 1. The van der Waals surface area contributed by atoms with Gasteiger partial charge in [0.1, 0.15) is 17.1 Å². The van der Waals surface area contributed by atoms with Crippen molar-refractivity contribution in [1.82, 2.24) is 0 Å². The Kier molecular flexibility index (Phi) is 2.39. The van der Waals surface area contributed by atoms with Gasteiger partial charge in [0.15, 0.2) is 0 Å². The van der Waals surface area contributed by atoms with E-state index in [1.807, 2.05) is 27.7 Å². The molecule has 0 amide bonds. The molecule has 1 heterocycles. The fraction of sp³-hybridized carbons (Fsp3) is 0.538. The summed E-state index contributed by atoms with van der Waals surface area (Å²) in [5, 5.41) is 19.3. The second kappa shape index (κ2) is 3.39. The summed E-state index contributed by atoms with van der Waals surface area (Å²) >= 11 is 0. The first-order chi connectivity index (χ1) is 7.39. The number of aliphatic hydroxyl groups excluding tert-OH is 1. The van der Waals surface area contributed by atoms with Gasteiger partial charge < -0.3 is 14.9 Å². The van der Waals surface area contributed by atoms with E-state index < -0.39 is 5.60 Å². The fourth-order valence-electron chi connectivity index (χ4n) is 2.26. The van der Waals surface area contributed by atoms with Crippen LogP contribution in [-0.4, -0.2) is 22.4 Å². The first kappa shape index (κ1) is 11.3. The molecule has 3 nitrogen and oxygen atoms in total. The van der Waals surface area contributed by atoms with Gasteiger partial charge in [0.25, 0.3) is 0 Å². The van der Waals surface area contributed by atoms with Gasteiger partial charge in [-0.25, -0.2) is 0 Å². The van der Waals surface area contributed by atoms with Crippen LogP contribution < -0.4 is 4.74 Å². The van der Waals surface area contributed by atoms with Crippen molar-refractivity contribution in [2.75, 3.05) is 6.61 Å². The maximum atomic E-state index is 9.98. The molecule has 0 unspecified atom stereocenters. The summed E-state index contributed by atoms with van der Waals surface area (Å²) in [4.78, 5) is 0. The van der Waals surface area contributed by atoms with E-state index in [0.29, 0.717) is 12.2 Å². The molecule has 0 bridgehead atoms. The van der Waals surface area contributed by atoms with Crippen molar-refractivity contribution in [2.24, 2.45) is 0 Å². The number of aliphatic hydroxyl groups is 1. The molecule has 88 valence electrons. The lowest BCUT2D eigenvalue weighted by Gasteiger charge is -2.21. The van der Waals surface area contributed by atoms with Crippen molar-refractivity contribution >= 4 is 0 Å². The standard InChI is InChI=1S/C13H18O3/c1-7-8(2)12-10(9(3)11(7)15)5-13(4,6-14)16-12/h14-15H,5-6H2,1-4H3/t13-/m1/s1. The Labute approximate surface area is 95.7 Å². The van der Waals surface area contributed by atoms with Crippen LogP contribution in [0.3, 0.4) is 0 Å². The monoisotopic (exact) mass is 222 g/mol. The molecule has 1 aliphatic heterocycles. The molecule has 1 aromatic rings. The van der Waals surface area contributed by atoms with Crippen LogP contribution in [-0.2, 0) is 6.42 Å². The molecule has 0 fully saturated rings. The van der Waals surface area contributed by atoms with E-state index in [9.17, 15) is 10.2 Å². The molecule has 1 atom stereocenters. The molecule has 0 aliphatic carbocycles. The predicted octanol–water partition coefficient (Wildman–Crippen LogP) is 2.00. The number of fused-ring (bicyclic) bond motifs is 1. The van der Waals surface area contributed by atoms with Gasteiger partial charge in [-0.1, -0.05) is 0 Å². The topological polar surface area (TPSA) is 49.7 Å². The van der Waals surface area contributed by atoms with Gasteiger partial charge in [-0.05, 0) is 44.4 Å². The zero-order chi connectivity index (χ0) is 12.1. The second-order valence-electron chi connectivity index (χ2n) is 4.92. The van der Waals surface area contributed by atoms with E-state index in [1.54, 1.807) is 0 Å². The number of benzene rings is 1. The minimum absolute atomic E-state index is 0.0135. The maximum Gasteiger partial charge on any atom is 0.133 e. The number of phenols is 1. The molecule has 0 radical (unpaired) electrons. The van der Waals surface area contributed by atoms with Crippen molar-refractivity contribution in [3.05, 3.63) is 22.3 Å². The quantitative estimate of drug-likeness (QED) is 0.764. The van der Waals surface area contributed by atoms with Gasteiger partial charge in [0.05, 0.1) is 6.61 Å². The molecule has 2 rings (SSSR count). The molecule has 3 heteroatoms. The number of hydrogen-bond donors (Lipinski definition) is 2. The van der Waals surface area contributed by atoms with Crippen LogP contribution in [0.4, 0.5) is 0 Å². The van der Waals surface area contributed by atoms with E-state index in [0.717, 1.165) is 28.0 Å². The largest absolute Gasteiger partial charge is 0.507 e. The van der Waals surface area contributed by atoms with Gasteiger partial charge >= 0.3 is 0 Å². The third-order valence-corrected chi connectivity index (χ3v) is 3.57. The molecular formula is C13H18O3. The zero-order valence-corrected chi connectivity index (χ0v) is 10.2. The molecule has 0 saturated carbocycles. The number of phenolic OH excluding ortho intramolecular Hbond substituents is 1. The summed E-state index contributed by atoms with van der Waals surface area (Å²) in [5.41, 5.74) is 3.18. The molecule has 2 N–H and O–H groups in total. The fourth-order valence-corrected chi connectivity index (χ4v) is 2.26. The molecule has 0 saturated heterocycles. The average molecular weight is 222 g/mol. The highest BCUT2D eigenvalue weighted by Gasteiger charge is 2.37. The number of hydrogen-bond acceptors (Lipinski definition) is 3. The van der Waals surface area contributed by atoms with Gasteiger partial charge in [-0.3, -0.25) is 0 Å².